The third kappa shape index (κ3) is 2.79. The van der Waals surface area contributed by atoms with Crippen molar-refractivity contribution in [2.75, 3.05) is 26.2 Å². The van der Waals surface area contributed by atoms with Crippen molar-refractivity contribution in [1.82, 2.24) is 20.4 Å². The highest BCUT2D eigenvalue weighted by atomic mass is 35.5. The van der Waals surface area contributed by atoms with Gasteiger partial charge in [-0.3, -0.25) is 14.5 Å². The van der Waals surface area contributed by atoms with E-state index >= 15 is 0 Å². The Bertz CT molecular complexity index is 479. The second kappa shape index (κ2) is 6.42. The van der Waals surface area contributed by atoms with E-state index in [0.29, 0.717) is 19.4 Å². The van der Waals surface area contributed by atoms with Gasteiger partial charge >= 0.3 is 6.03 Å². The maximum absolute atomic E-state index is 12.5. The molecule has 3 fully saturated rings. The van der Waals surface area contributed by atoms with Crippen LogP contribution < -0.4 is 10.6 Å². The average molecular weight is 331 g/mol. The molecule has 4 amide bonds. The van der Waals surface area contributed by atoms with Crippen molar-refractivity contribution in [2.24, 2.45) is 0 Å². The van der Waals surface area contributed by atoms with Crippen molar-refractivity contribution in [2.45, 2.75) is 44.2 Å². The molecule has 1 atom stereocenters. The predicted octanol–water partition coefficient (Wildman–Crippen LogP) is 0.0931. The van der Waals surface area contributed by atoms with Crippen LogP contribution in [0.2, 0.25) is 0 Å². The second-order valence-corrected chi connectivity index (χ2v) is 6.25. The van der Waals surface area contributed by atoms with Crippen molar-refractivity contribution in [1.29, 1.82) is 0 Å². The van der Waals surface area contributed by atoms with E-state index in [9.17, 15) is 14.4 Å². The van der Waals surface area contributed by atoms with E-state index in [2.05, 4.69) is 10.6 Å². The summed E-state index contributed by atoms with van der Waals surface area (Å²) in [7, 11) is 0. The van der Waals surface area contributed by atoms with Crippen LogP contribution in [0.15, 0.2) is 0 Å². The van der Waals surface area contributed by atoms with Crippen LogP contribution in [0.3, 0.4) is 0 Å². The van der Waals surface area contributed by atoms with Gasteiger partial charge in [0.1, 0.15) is 12.1 Å². The number of amides is 4. The number of rotatable bonds is 2. The summed E-state index contributed by atoms with van der Waals surface area (Å²) in [4.78, 5) is 39.8. The van der Waals surface area contributed by atoms with Crippen LogP contribution in [0, 0.1) is 0 Å². The Balaban J connectivity index is 0.00000176. The Kier molecular flexibility index (Phi) is 4.97. The standard InChI is InChI=1S/C14H22N4O3.ClH/c1-10-8-15-6-7-17(10)11(19)9-18-12(20)14(16-13(18)21)4-2-3-5-14;/h10,15H,2-9H2,1H3,(H,16,21);1H/t10-;/m1./s1. The minimum absolute atomic E-state index is 0. The average Bonchev–Trinajstić information content (AvgIpc) is 3.01. The van der Waals surface area contributed by atoms with Crippen LogP contribution in [0.1, 0.15) is 32.6 Å². The van der Waals surface area contributed by atoms with Gasteiger partial charge in [0.05, 0.1) is 0 Å². The van der Waals surface area contributed by atoms with Crippen LogP contribution in [-0.4, -0.2) is 65.4 Å². The number of urea groups is 1. The van der Waals surface area contributed by atoms with E-state index in [-0.39, 0.29) is 36.8 Å². The molecule has 0 bridgehead atoms. The molecule has 2 aliphatic heterocycles. The fourth-order valence-corrected chi connectivity index (χ4v) is 3.57. The molecule has 7 nitrogen and oxygen atoms in total. The molecule has 2 saturated heterocycles. The van der Waals surface area contributed by atoms with Gasteiger partial charge in [0.2, 0.25) is 5.91 Å². The Morgan fingerprint density at radius 3 is 2.64 bits per heavy atom. The van der Waals surface area contributed by atoms with Gasteiger partial charge in [-0.1, -0.05) is 12.8 Å². The molecule has 2 N–H and O–H groups in total. The molecule has 0 radical (unpaired) electrons. The normalized spacial score (nSPS) is 27.0. The molecule has 2 heterocycles. The van der Waals surface area contributed by atoms with Gasteiger partial charge in [0.15, 0.2) is 0 Å². The van der Waals surface area contributed by atoms with Crippen molar-refractivity contribution < 1.29 is 14.4 Å². The molecule has 0 unspecified atom stereocenters. The first-order chi connectivity index (χ1) is 10.0. The van der Waals surface area contributed by atoms with Crippen LogP contribution in [0.25, 0.3) is 0 Å². The SMILES string of the molecule is C[C@@H]1CNCCN1C(=O)CN1C(=O)NC2(CCCC2)C1=O.Cl. The largest absolute Gasteiger partial charge is 0.336 e. The number of carbonyl (C=O) groups excluding carboxylic acids is 3. The van der Waals surface area contributed by atoms with Crippen molar-refractivity contribution in [3.63, 3.8) is 0 Å². The summed E-state index contributed by atoms with van der Waals surface area (Å²) in [6.45, 7) is 3.94. The number of hydrogen-bond acceptors (Lipinski definition) is 4. The van der Waals surface area contributed by atoms with Crippen LogP contribution in [-0.2, 0) is 9.59 Å². The summed E-state index contributed by atoms with van der Waals surface area (Å²) in [5, 5.41) is 6.02. The summed E-state index contributed by atoms with van der Waals surface area (Å²) in [5.74, 6) is -0.372. The van der Waals surface area contributed by atoms with E-state index in [1.807, 2.05) is 6.92 Å². The van der Waals surface area contributed by atoms with Gasteiger partial charge < -0.3 is 15.5 Å². The van der Waals surface area contributed by atoms with E-state index in [1.165, 1.54) is 0 Å². The van der Waals surface area contributed by atoms with Crippen molar-refractivity contribution in [3.8, 4) is 0 Å². The minimum atomic E-state index is -0.730. The smallest absolute Gasteiger partial charge is 0.325 e. The second-order valence-electron chi connectivity index (χ2n) is 6.25. The maximum Gasteiger partial charge on any atom is 0.325 e. The summed E-state index contributed by atoms with van der Waals surface area (Å²) >= 11 is 0. The fraction of sp³-hybridized carbons (Fsp3) is 0.786. The third-order valence-corrected chi connectivity index (χ3v) is 4.82. The van der Waals surface area contributed by atoms with E-state index in [0.717, 1.165) is 30.8 Å². The number of nitrogens with zero attached hydrogens (tertiary/aromatic N) is 2. The van der Waals surface area contributed by atoms with Gasteiger partial charge in [0.25, 0.3) is 5.91 Å². The van der Waals surface area contributed by atoms with E-state index in [1.54, 1.807) is 4.90 Å². The zero-order valence-corrected chi connectivity index (χ0v) is 13.6. The Morgan fingerprint density at radius 2 is 2.00 bits per heavy atom. The van der Waals surface area contributed by atoms with Crippen LogP contribution in [0.5, 0.6) is 0 Å². The molecule has 3 rings (SSSR count). The van der Waals surface area contributed by atoms with Crippen molar-refractivity contribution >= 4 is 30.3 Å². The number of piperazine rings is 1. The first-order valence-corrected chi connectivity index (χ1v) is 7.68. The van der Waals surface area contributed by atoms with Gasteiger partial charge in [-0.05, 0) is 19.8 Å². The predicted molar refractivity (Wildman–Crippen MR) is 82.7 cm³/mol. The Hall–Kier alpha value is -1.34. The molecule has 0 aromatic heterocycles. The molecule has 1 saturated carbocycles. The van der Waals surface area contributed by atoms with Crippen molar-refractivity contribution in [3.05, 3.63) is 0 Å². The van der Waals surface area contributed by atoms with Crippen LogP contribution >= 0.6 is 12.4 Å². The molecular formula is C14H23ClN4O3. The minimum Gasteiger partial charge on any atom is -0.336 e. The highest BCUT2D eigenvalue weighted by Gasteiger charge is 2.52. The quantitative estimate of drug-likeness (QED) is 0.703. The molecule has 3 aliphatic rings. The van der Waals surface area contributed by atoms with E-state index in [4.69, 9.17) is 0 Å². The fourth-order valence-electron chi connectivity index (χ4n) is 3.57. The van der Waals surface area contributed by atoms with Gasteiger partial charge in [-0.2, -0.15) is 0 Å². The van der Waals surface area contributed by atoms with Gasteiger partial charge in [-0.25, -0.2) is 4.79 Å². The number of carbonyl (C=O) groups is 3. The summed E-state index contributed by atoms with van der Waals surface area (Å²) in [6, 6.07) is -0.328. The number of hydrogen-bond donors (Lipinski definition) is 2. The molecule has 0 aromatic rings. The molecule has 1 spiro atoms. The zero-order chi connectivity index (χ0) is 15.0. The van der Waals surface area contributed by atoms with Crippen LogP contribution in [0.4, 0.5) is 4.79 Å². The lowest BCUT2D eigenvalue weighted by Crippen LogP contribution is -2.55. The number of nitrogens with one attached hydrogen (secondary N) is 2. The lowest BCUT2D eigenvalue weighted by atomic mass is 9.98. The van der Waals surface area contributed by atoms with E-state index < -0.39 is 11.6 Å². The zero-order valence-electron chi connectivity index (χ0n) is 12.8. The monoisotopic (exact) mass is 330 g/mol. The molecule has 1 aliphatic carbocycles. The summed E-state index contributed by atoms with van der Waals surface area (Å²) in [5.41, 5.74) is -0.730. The lowest BCUT2D eigenvalue weighted by Gasteiger charge is -2.34. The molecular weight excluding hydrogens is 308 g/mol. The topological polar surface area (TPSA) is 81.8 Å². The Morgan fingerprint density at radius 1 is 1.32 bits per heavy atom. The Labute approximate surface area is 136 Å². The van der Waals surface area contributed by atoms with Gasteiger partial charge in [-0.15, -0.1) is 12.4 Å². The molecule has 124 valence electrons. The van der Waals surface area contributed by atoms with Gasteiger partial charge in [0, 0.05) is 25.7 Å². The number of halogens is 1. The maximum atomic E-state index is 12.5. The summed E-state index contributed by atoms with van der Waals surface area (Å²) in [6.07, 6.45) is 3.27. The summed E-state index contributed by atoms with van der Waals surface area (Å²) < 4.78 is 0. The first kappa shape index (κ1) is 17.0. The molecule has 0 aromatic carbocycles. The first-order valence-electron chi connectivity index (χ1n) is 7.68. The molecule has 8 heteroatoms. The number of imide groups is 1. The molecule has 22 heavy (non-hydrogen) atoms. The highest BCUT2D eigenvalue weighted by molar-refractivity contribution is 6.09. The lowest BCUT2D eigenvalue weighted by molar-refractivity contribution is -0.140. The third-order valence-electron chi connectivity index (χ3n) is 4.82. The highest BCUT2D eigenvalue weighted by Crippen LogP contribution is 2.34.